The van der Waals surface area contributed by atoms with Crippen molar-refractivity contribution in [3.05, 3.63) is 41.6 Å². The van der Waals surface area contributed by atoms with Gasteiger partial charge in [-0.3, -0.25) is 4.98 Å². The quantitative estimate of drug-likeness (QED) is 0.630. The molecule has 0 amide bonds. The van der Waals surface area contributed by atoms with Crippen LogP contribution in [-0.4, -0.2) is 11.6 Å². The van der Waals surface area contributed by atoms with E-state index in [-0.39, 0.29) is 0 Å². The monoisotopic (exact) mass is 216 g/mol. The Bertz CT molecular complexity index is 482. The summed E-state index contributed by atoms with van der Waals surface area (Å²) in [7, 11) is 0. The fourth-order valence-corrected chi connectivity index (χ4v) is 1.77. The minimum atomic E-state index is 0.669. The van der Waals surface area contributed by atoms with Gasteiger partial charge in [0.05, 0.1) is 12.1 Å². The lowest BCUT2D eigenvalue weighted by atomic mass is 10.1. The molecule has 16 heavy (non-hydrogen) atoms. The molecule has 1 N–H and O–H groups in total. The lowest BCUT2D eigenvalue weighted by molar-refractivity contribution is 0.0465. The molecule has 1 aromatic carbocycles. The molecule has 0 aliphatic heterocycles. The third kappa shape index (κ3) is 2.38. The van der Waals surface area contributed by atoms with Gasteiger partial charge in [0.15, 0.2) is 0 Å². The minimum Gasteiger partial charge on any atom is -0.302 e. The van der Waals surface area contributed by atoms with Gasteiger partial charge in [0.2, 0.25) is 0 Å². The van der Waals surface area contributed by atoms with E-state index in [0.717, 1.165) is 11.2 Å². The van der Waals surface area contributed by atoms with E-state index in [1.54, 1.807) is 0 Å². The number of aryl methyl sites for hydroxylation is 1. The molecule has 1 aromatic heterocycles. The van der Waals surface area contributed by atoms with Gasteiger partial charge in [-0.2, -0.15) is 5.48 Å². The van der Waals surface area contributed by atoms with Crippen molar-refractivity contribution >= 4 is 10.9 Å². The number of nitrogens with zero attached hydrogens (tertiary/aromatic N) is 1. The zero-order chi connectivity index (χ0) is 11.4. The highest BCUT2D eigenvalue weighted by Gasteiger charge is 2.02. The number of benzene rings is 1. The van der Waals surface area contributed by atoms with Gasteiger partial charge in [-0.1, -0.05) is 18.2 Å². The highest BCUT2D eigenvalue weighted by molar-refractivity contribution is 5.82. The summed E-state index contributed by atoms with van der Waals surface area (Å²) in [5.74, 6) is 0. The molecule has 84 valence electrons. The predicted octanol–water partition coefficient (Wildman–Crippen LogP) is 2.58. The van der Waals surface area contributed by atoms with E-state index in [9.17, 15) is 0 Å². The molecule has 2 rings (SSSR count). The lowest BCUT2D eigenvalue weighted by Crippen LogP contribution is -2.14. The summed E-state index contributed by atoms with van der Waals surface area (Å²) in [5.41, 5.74) is 6.23. The van der Waals surface area contributed by atoms with Crippen LogP contribution in [-0.2, 0) is 11.4 Å². The van der Waals surface area contributed by atoms with E-state index in [1.165, 1.54) is 10.9 Å². The second-order valence-corrected chi connectivity index (χ2v) is 3.69. The minimum absolute atomic E-state index is 0.669. The molecule has 0 saturated carbocycles. The number of pyridine rings is 1. The van der Waals surface area contributed by atoms with Crippen LogP contribution in [0.15, 0.2) is 30.3 Å². The first-order valence-electron chi connectivity index (χ1n) is 5.51. The Hall–Kier alpha value is -1.45. The number of fused-ring (bicyclic) bond motifs is 1. The van der Waals surface area contributed by atoms with Crippen molar-refractivity contribution < 1.29 is 4.84 Å². The van der Waals surface area contributed by atoms with Gasteiger partial charge in [0.1, 0.15) is 0 Å². The van der Waals surface area contributed by atoms with Crippen molar-refractivity contribution in [3.63, 3.8) is 0 Å². The van der Waals surface area contributed by atoms with Crippen molar-refractivity contribution in [1.82, 2.24) is 10.5 Å². The van der Waals surface area contributed by atoms with Crippen molar-refractivity contribution in [2.45, 2.75) is 20.4 Å². The molecular formula is C13H16N2O. The smallest absolute Gasteiger partial charge is 0.0708 e. The Morgan fingerprint density at radius 1 is 1.31 bits per heavy atom. The van der Waals surface area contributed by atoms with Crippen LogP contribution >= 0.6 is 0 Å². The van der Waals surface area contributed by atoms with Crippen molar-refractivity contribution in [2.75, 3.05) is 6.61 Å². The van der Waals surface area contributed by atoms with E-state index in [1.807, 2.05) is 32.0 Å². The maximum absolute atomic E-state index is 5.16. The van der Waals surface area contributed by atoms with Gasteiger partial charge in [-0.25, -0.2) is 0 Å². The standard InChI is InChI=1S/C13H16N2O/c1-3-16-14-9-11-8-10(2)15-13-7-5-4-6-12(11)13/h4-8,14H,3,9H2,1-2H3. The highest BCUT2D eigenvalue weighted by atomic mass is 16.6. The highest BCUT2D eigenvalue weighted by Crippen LogP contribution is 2.17. The summed E-state index contributed by atoms with van der Waals surface area (Å²) >= 11 is 0. The summed E-state index contributed by atoms with van der Waals surface area (Å²) in [6, 6.07) is 10.3. The zero-order valence-corrected chi connectivity index (χ0v) is 9.66. The molecule has 3 heteroatoms. The van der Waals surface area contributed by atoms with Crippen LogP contribution in [0.4, 0.5) is 0 Å². The van der Waals surface area contributed by atoms with Gasteiger partial charge in [-0.15, -0.1) is 0 Å². The van der Waals surface area contributed by atoms with Crippen molar-refractivity contribution in [2.24, 2.45) is 0 Å². The number of hydrogen-bond donors (Lipinski definition) is 1. The van der Waals surface area contributed by atoms with Crippen molar-refractivity contribution in [1.29, 1.82) is 0 Å². The van der Waals surface area contributed by atoms with Gasteiger partial charge in [0, 0.05) is 17.6 Å². The molecule has 3 nitrogen and oxygen atoms in total. The van der Waals surface area contributed by atoms with Crippen LogP contribution in [0.1, 0.15) is 18.2 Å². The molecule has 0 aliphatic rings. The van der Waals surface area contributed by atoms with Crippen LogP contribution in [0.5, 0.6) is 0 Å². The maximum Gasteiger partial charge on any atom is 0.0708 e. The number of rotatable bonds is 4. The first-order chi connectivity index (χ1) is 7.81. The first-order valence-corrected chi connectivity index (χ1v) is 5.51. The largest absolute Gasteiger partial charge is 0.302 e. The predicted molar refractivity (Wildman–Crippen MR) is 64.9 cm³/mol. The van der Waals surface area contributed by atoms with Crippen LogP contribution in [0.25, 0.3) is 10.9 Å². The topological polar surface area (TPSA) is 34.1 Å². The Labute approximate surface area is 95.4 Å². The summed E-state index contributed by atoms with van der Waals surface area (Å²) < 4.78 is 0. The summed E-state index contributed by atoms with van der Waals surface area (Å²) in [5, 5.41) is 1.18. The second kappa shape index (κ2) is 5.05. The Balaban J connectivity index is 2.34. The molecule has 0 atom stereocenters. The van der Waals surface area contributed by atoms with Gasteiger partial charge < -0.3 is 4.84 Å². The number of hydrogen-bond acceptors (Lipinski definition) is 3. The molecule has 0 aliphatic carbocycles. The number of hydroxylamine groups is 1. The van der Waals surface area contributed by atoms with Crippen LogP contribution < -0.4 is 5.48 Å². The Morgan fingerprint density at radius 2 is 2.12 bits per heavy atom. The fourth-order valence-electron chi connectivity index (χ4n) is 1.77. The van der Waals surface area contributed by atoms with E-state index in [2.05, 4.69) is 22.6 Å². The van der Waals surface area contributed by atoms with E-state index >= 15 is 0 Å². The molecule has 2 aromatic rings. The number of nitrogens with one attached hydrogen (secondary N) is 1. The number of para-hydroxylation sites is 1. The average Bonchev–Trinajstić information content (AvgIpc) is 2.29. The molecule has 1 heterocycles. The molecule has 0 fully saturated rings. The van der Waals surface area contributed by atoms with Crippen LogP contribution in [0.3, 0.4) is 0 Å². The normalized spacial score (nSPS) is 10.9. The second-order valence-electron chi connectivity index (χ2n) is 3.69. The SMILES string of the molecule is CCONCc1cc(C)nc2ccccc12. The third-order valence-electron chi connectivity index (χ3n) is 2.44. The Kier molecular flexibility index (Phi) is 3.49. The van der Waals surface area contributed by atoms with E-state index in [4.69, 9.17) is 4.84 Å². The van der Waals surface area contributed by atoms with E-state index < -0.39 is 0 Å². The first kappa shape index (κ1) is 11.0. The van der Waals surface area contributed by atoms with Gasteiger partial charge in [0.25, 0.3) is 0 Å². The zero-order valence-electron chi connectivity index (χ0n) is 9.66. The lowest BCUT2D eigenvalue weighted by Gasteiger charge is -2.08. The van der Waals surface area contributed by atoms with Gasteiger partial charge >= 0.3 is 0 Å². The molecule has 0 bridgehead atoms. The molecule has 0 spiro atoms. The summed E-state index contributed by atoms with van der Waals surface area (Å²) in [6.07, 6.45) is 0. The fraction of sp³-hybridized carbons (Fsp3) is 0.308. The van der Waals surface area contributed by atoms with Crippen LogP contribution in [0.2, 0.25) is 0 Å². The van der Waals surface area contributed by atoms with Crippen molar-refractivity contribution in [3.8, 4) is 0 Å². The number of aromatic nitrogens is 1. The average molecular weight is 216 g/mol. The summed E-state index contributed by atoms with van der Waals surface area (Å²) in [4.78, 5) is 9.65. The van der Waals surface area contributed by atoms with Crippen LogP contribution in [0, 0.1) is 6.92 Å². The maximum atomic E-state index is 5.16. The van der Waals surface area contributed by atoms with Gasteiger partial charge in [-0.05, 0) is 31.5 Å². The van der Waals surface area contributed by atoms with E-state index in [0.29, 0.717) is 13.2 Å². The third-order valence-corrected chi connectivity index (χ3v) is 2.44. The Morgan fingerprint density at radius 3 is 2.94 bits per heavy atom. The molecule has 0 saturated heterocycles. The summed E-state index contributed by atoms with van der Waals surface area (Å²) in [6.45, 7) is 5.35. The molecule has 0 radical (unpaired) electrons. The molecular weight excluding hydrogens is 200 g/mol. The molecule has 0 unspecified atom stereocenters.